The number of nitrogens with one attached hydrogen (secondary N) is 1. The molecule has 0 aliphatic carbocycles. The van der Waals surface area contributed by atoms with E-state index >= 15 is 0 Å². The Morgan fingerprint density at radius 2 is 2.29 bits per heavy atom. The molecule has 0 saturated carbocycles. The van der Waals surface area contributed by atoms with Gasteiger partial charge in [0.1, 0.15) is 5.75 Å². The first-order valence-electron chi connectivity index (χ1n) is 5.37. The Hall–Kier alpha value is -1.88. The van der Waals surface area contributed by atoms with E-state index in [9.17, 15) is 9.59 Å². The van der Waals surface area contributed by atoms with E-state index in [0.29, 0.717) is 18.0 Å². The highest BCUT2D eigenvalue weighted by atomic mass is 16.5. The Bertz CT molecular complexity index is 471. The molecule has 2 rings (SSSR count). The van der Waals surface area contributed by atoms with Gasteiger partial charge in [-0.2, -0.15) is 0 Å². The third-order valence-electron chi connectivity index (χ3n) is 2.56. The van der Waals surface area contributed by atoms with Gasteiger partial charge in [-0.05, 0) is 24.7 Å². The Morgan fingerprint density at radius 1 is 1.53 bits per heavy atom. The average molecular weight is 234 g/mol. The predicted octanol–water partition coefficient (Wildman–Crippen LogP) is 0.678. The zero-order chi connectivity index (χ0) is 12.4. The molecule has 1 aromatic carbocycles. The maximum Gasteiger partial charge on any atom is 0.271 e. The van der Waals surface area contributed by atoms with Crippen LogP contribution in [-0.4, -0.2) is 25.5 Å². The molecular weight excluding hydrogens is 220 g/mol. The second kappa shape index (κ2) is 4.55. The number of benzene rings is 1. The summed E-state index contributed by atoms with van der Waals surface area (Å²) >= 11 is 0. The first kappa shape index (κ1) is 11.6. The van der Waals surface area contributed by atoms with Crippen molar-refractivity contribution in [1.29, 1.82) is 0 Å². The van der Waals surface area contributed by atoms with Gasteiger partial charge < -0.3 is 10.1 Å². The van der Waals surface area contributed by atoms with Crippen LogP contribution in [0.15, 0.2) is 18.2 Å². The zero-order valence-corrected chi connectivity index (χ0v) is 9.82. The second-order valence-corrected chi connectivity index (χ2v) is 3.87. The third-order valence-corrected chi connectivity index (χ3v) is 2.56. The number of hydrogen-bond acceptors (Lipinski definition) is 4. The number of nitrogens with zero attached hydrogens (tertiary/aromatic N) is 1. The molecule has 1 N–H and O–H groups in total. The molecule has 5 nitrogen and oxygen atoms in total. The largest absolute Gasteiger partial charge is 0.482 e. The lowest BCUT2D eigenvalue weighted by Crippen LogP contribution is -2.41. The standard InChI is InChI=1S/C12H14N2O3/c1-8(15)14-10-5-9(6-13-2)3-4-11(10)17-7-12(14)16/h3-5,13H,6-7H2,1-2H3. The van der Waals surface area contributed by atoms with Crippen LogP contribution in [0, 0.1) is 0 Å². The van der Waals surface area contributed by atoms with Gasteiger partial charge in [0, 0.05) is 13.5 Å². The van der Waals surface area contributed by atoms with Crippen molar-refractivity contribution >= 4 is 17.5 Å². The molecule has 0 bridgehead atoms. The summed E-state index contributed by atoms with van der Waals surface area (Å²) < 4.78 is 5.29. The van der Waals surface area contributed by atoms with Gasteiger partial charge in [-0.15, -0.1) is 0 Å². The Balaban J connectivity index is 2.45. The molecule has 0 fully saturated rings. The molecule has 1 aliphatic rings. The monoisotopic (exact) mass is 234 g/mol. The molecule has 0 unspecified atom stereocenters. The van der Waals surface area contributed by atoms with Crippen LogP contribution in [0.2, 0.25) is 0 Å². The number of anilines is 1. The number of imide groups is 1. The van der Waals surface area contributed by atoms with Crippen molar-refractivity contribution in [1.82, 2.24) is 5.32 Å². The van der Waals surface area contributed by atoms with Crippen LogP contribution in [0.4, 0.5) is 5.69 Å². The molecule has 2 amide bonds. The van der Waals surface area contributed by atoms with Gasteiger partial charge >= 0.3 is 0 Å². The SMILES string of the molecule is CNCc1ccc2c(c1)N(C(C)=O)C(=O)CO2. The van der Waals surface area contributed by atoms with E-state index in [0.717, 1.165) is 10.5 Å². The van der Waals surface area contributed by atoms with Crippen LogP contribution in [-0.2, 0) is 16.1 Å². The summed E-state index contributed by atoms with van der Waals surface area (Å²) in [5, 5.41) is 3.02. The lowest BCUT2D eigenvalue weighted by atomic mass is 10.1. The van der Waals surface area contributed by atoms with E-state index in [1.807, 2.05) is 13.1 Å². The van der Waals surface area contributed by atoms with Gasteiger partial charge in [0.2, 0.25) is 5.91 Å². The summed E-state index contributed by atoms with van der Waals surface area (Å²) in [7, 11) is 1.84. The Labute approximate surface area is 99.4 Å². The number of carbonyl (C=O) groups is 2. The first-order chi connectivity index (χ1) is 8.13. The minimum Gasteiger partial charge on any atom is -0.482 e. The molecule has 0 atom stereocenters. The van der Waals surface area contributed by atoms with E-state index in [-0.39, 0.29) is 18.4 Å². The highest BCUT2D eigenvalue weighted by Gasteiger charge is 2.28. The van der Waals surface area contributed by atoms with Crippen molar-refractivity contribution in [3.05, 3.63) is 23.8 Å². The predicted molar refractivity (Wildman–Crippen MR) is 62.9 cm³/mol. The number of amides is 2. The summed E-state index contributed by atoms with van der Waals surface area (Å²) in [5.41, 5.74) is 1.53. The minimum atomic E-state index is -0.327. The normalized spacial score (nSPS) is 14.2. The fourth-order valence-corrected chi connectivity index (χ4v) is 1.86. The number of hydrogen-bond donors (Lipinski definition) is 1. The van der Waals surface area contributed by atoms with Crippen molar-refractivity contribution in [2.75, 3.05) is 18.6 Å². The molecule has 1 heterocycles. The van der Waals surface area contributed by atoms with Gasteiger partial charge in [0.05, 0.1) is 5.69 Å². The molecule has 0 aromatic heterocycles. The number of carbonyl (C=O) groups excluding carboxylic acids is 2. The van der Waals surface area contributed by atoms with E-state index in [4.69, 9.17) is 4.74 Å². The molecule has 90 valence electrons. The molecule has 0 saturated heterocycles. The van der Waals surface area contributed by atoms with E-state index in [1.54, 1.807) is 12.1 Å². The summed E-state index contributed by atoms with van der Waals surface area (Å²) in [6, 6.07) is 5.48. The summed E-state index contributed by atoms with van der Waals surface area (Å²) in [6.07, 6.45) is 0. The topological polar surface area (TPSA) is 58.6 Å². The van der Waals surface area contributed by atoms with Crippen molar-refractivity contribution in [3.63, 3.8) is 0 Å². The average Bonchev–Trinajstić information content (AvgIpc) is 2.28. The molecule has 1 aromatic rings. The smallest absolute Gasteiger partial charge is 0.271 e. The number of ether oxygens (including phenoxy) is 1. The maximum atomic E-state index is 11.6. The lowest BCUT2D eigenvalue weighted by Gasteiger charge is -2.27. The van der Waals surface area contributed by atoms with Crippen molar-refractivity contribution in [3.8, 4) is 5.75 Å². The highest BCUT2D eigenvalue weighted by molar-refractivity contribution is 6.16. The highest BCUT2D eigenvalue weighted by Crippen LogP contribution is 2.32. The molecule has 0 spiro atoms. The van der Waals surface area contributed by atoms with E-state index in [2.05, 4.69) is 5.32 Å². The number of rotatable bonds is 2. The van der Waals surface area contributed by atoms with Crippen molar-refractivity contribution < 1.29 is 14.3 Å². The van der Waals surface area contributed by atoms with Crippen LogP contribution >= 0.6 is 0 Å². The maximum absolute atomic E-state index is 11.6. The summed E-state index contributed by atoms with van der Waals surface area (Å²) in [6.45, 7) is 1.96. The Kier molecular flexibility index (Phi) is 3.10. The zero-order valence-electron chi connectivity index (χ0n) is 9.82. The van der Waals surface area contributed by atoms with E-state index in [1.165, 1.54) is 6.92 Å². The van der Waals surface area contributed by atoms with Crippen molar-refractivity contribution in [2.45, 2.75) is 13.5 Å². The van der Waals surface area contributed by atoms with Gasteiger partial charge in [-0.1, -0.05) is 6.07 Å². The summed E-state index contributed by atoms with van der Waals surface area (Å²) in [4.78, 5) is 24.3. The fourth-order valence-electron chi connectivity index (χ4n) is 1.86. The second-order valence-electron chi connectivity index (χ2n) is 3.87. The number of fused-ring (bicyclic) bond motifs is 1. The van der Waals surface area contributed by atoms with Crippen LogP contribution in [0.5, 0.6) is 5.75 Å². The van der Waals surface area contributed by atoms with E-state index < -0.39 is 0 Å². The third kappa shape index (κ3) is 2.14. The van der Waals surface area contributed by atoms with Gasteiger partial charge in [-0.3, -0.25) is 9.59 Å². The van der Waals surface area contributed by atoms with Crippen LogP contribution in [0.1, 0.15) is 12.5 Å². The van der Waals surface area contributed by atoms with Crippen molar-refractivity contribution in [2.24, 2.45) is 0 Å². The Morgan fingerprint density at radius 3 is 2.94 bits per heavy atom. The molecular formula is C12H14N2O3. The minimum absolute atomic E-state index is 0.0854. The van der Waals surface area contributed by atoms with Gasteiger partial charge in [0.15, 0.2) is 6.61 Å². The lowest BCUT2D eigenvalue weighted by molar-refractivity contribution is -0.127. The van der Waals surface area contributed by atoms with Crippen LogP contribution in [0.3, 0.4) is 0 Å². The molecule has 17 heavy (non-hydrogen) atoms. The molecule has 5 heteroatoms. The molecule has 0 radical (unpaired) electrons. The van der Waals surface area contributed by atoms with Crippen LogP contribution < -0.4 is 15.0 Å². The van der Waals surface area contributed by atoms with Gasteiger partial charge in [0.25, 0.3) is 5.91 Å². The fraction of sp³-hybridized carbons (Fsp3) is 0.333. The van der Waals surface area contributed by atoms with Gasteiger partial charge in [-0.25, -0.2) is 4.90 Å². The summed E-state index contributed by atoms with van der Waals surface area (Å²) in [5.74, 6) is -0.0487. The van der Waals surface area contributed by atoms with Crippen LogP contribution in [0.25, 0.3) is 0 Å². The molecule has 1 aliphatic heterocycles. The first-order valence-corrected chi connectivity index (χ1v) is 5.37. The quantitative estimate of drug-likeness (QED) is 0.817.